The maximum atomic E-state index is 13.8. The lowest BCUT2D eigenvalue weighted by Crippen LogP contribution is -2.50. The zero-order chi connectivity index (χ0) is 24.2. The van der Waals surface area contributed by atoms with Crippen molar-refractivity contribution in [1.82, 2.24) is 34.3 Å². The van der Waals surface area contributed by atoms with Crippen LogP contribution in [-0.2, 0) is 15.1 Å². The first-order chi connectivity index (χ1) is 16.9. The van der Waals surface area contributed by atoms with Crippen molar-refractivity contribution in [2.24, 2.45) is 0 Å². The van der Waals surface area contributed by atoms with E-state index in [1.54, 1.807) is 17.1 Å². The van der Waals surface area contributed by atoms with E-state index >= 15 is 0 Å². The van der Waals surface area contributed by atoms with Gasteiger partial charge in [-0.05, 0) is 18.9 Å². The summed E-state index contributed by atoms with van der Waals surface area (Å²) in [5.41, 5.74) is 5.75. The van der Waals surface area contributed by atoms with Gasteiger partial charge in [-0.1, -0.05) is 30.3 Å². The van der Waals surface area contributed by atoms with Gasteiger partial charge < -0.3 is 15.6 Å². The Morgan fingerprint density at radius 1 is 1.26 bits per heavy atom. The third kappa shape index (κ3) is 3.40. The van der Waals surface area contributed by atoms with Crippen molar-refractivity contribution in [2.45, 2.75) is 30.9 Å². The van der Waals surface area contributed by atoms with Crippen LogP contribution in [0.15, 0.2) is 48.1 Å². The van der Waals surface area contributed by atoms with Gasteiger partial charge in [0.05, 0.1) is 24.8 Å². The van der Waals surface area contributed by atoms with Gasteiger partial charge in [-0.15, -0.1) is 16.4 Å². The van der Waals surface area contributed by atoms with E-state index in [2.05, 4.69) is 25.1 Å². The number of carbonyl (C=O) groups excluding carboxylic acids is 1. The fourth-order valence-electron chi connectivity index (χ4n) is 4.40. The highest BCUT2D eigenvalue weighted by Gasteiger charge is 2.42. The van der Waals surface area contributed by atoms with Gasteiger partial charge in [0.15, 0.2) is 22.1 Å². The Hall–Kier alpha value is -3.74. The second kappa shape index (κ2) is 7.90. The third-order valence-electron chi connectivity index (χ3n) is 6.51. The monoisotopic (exact) mass is 490 g/mol. The van der Waals surface area contributed by atoms with Crippen molar-refractivity contribution in [3.63, 3.8) is 0 Å². The van der Waals surface area contributed by atoms with Gasteiger partial charge in [0.25, 0.3) is 0 Å². The number of nitrogens with two attached hydrogens (primary N) is 1. The summed E-state index contributed by atoms with van der Waals surface area (Å²) in [6.07, 6.45) is 3.75. The fourth-order valence-corrected chi connectivity index (χ4v) is 4.96. The van der Waals surface area contributed by atoms with Gasteiger partial charge >= 0.3 is 0 Å². The van der Waals surface area contributed by atoms with Crippen LogP contribution in [0, 0.1) is 0 Å². The van der Waals surface area contributed by atoms with Crippen molar-refractivity contribution in [3.8, 4) is 10.8 Å². The standard InChI is InChI=1S/C23H22N8O3S/c1-22(14-5-3-2-4-6-14,16(32)7-8-23(33)12-34-13-23)31-19-15(11-26-31)18-27-17(20-25-9-10-35-20)29-30(18)21(24)28-19/h2-6,9-11,33H,7-8,12-13H2,1H3,(H2,24,28). The topological polar surface area (TPSA) is 146 Å². The van der Waals surface area contributed by atoms with Gasteiger partial charge in [0, 0.05) is 18.0 Å². The number of aliphatic hydroxyl groups is 1. The largest absolute Gasteiger partial charge is 0.385 e. The average molecular weight is 491 g/mol. The van der Waals surface area contributed by atoms with Gasteiger partial charge in [-0.25, -0.2) is 14.6 Å². The number of Topliss-reactive ketones (excluding diaryl/α,β-unsaturated/α-hetero) is 1. The second-order valence-corrected chi connectivity index (χ2v) is 9.74. The van der Waals surface area contributed by atoms with Crippen LogP contribution in [0.1, 0.15) is 25.3 Å². The van der Waals surface area contributed by atoms with E-state index in [0.717, 1.165) is 5.56 Å². The van der Waals surface area contributed by atoms with Crippen LogP contribution in [0.4, 0.5) is 5.95 Å². The van der Waals surface area contributed by atoms with Crippen LogP contribution in [0.3, 0.4) is 0 Å². The molecule has 0 radical (unpaired) electrons. The molecule has 4 aromatic heterocycles. The number of nitrogens with zero attached hydrogens (tertiary/aromatic N) is 7. The minimum atomic E-state index is -1.19. The Kier molecular flexibility index (Phi) is 4.91. The predicted molar refractivity (Wildman–Crippen MR) is 129 cm³/mol. The van der Waals surface area contributed by atoms with Crippen LogP contribution in [0.2, 0.25) is 0 Å². The summed E-state index contributed by atoms with van der Waals surface area (Å²) in [6.45, 7) is 2.28. The molecule has 1 unspecified atom stereocenters. The molecule has 5 heterocycles. The number of hydrogen-bond donors (Lipinski definition) is 2. The number of benzene rings is 1. The normalized spacial score (nSPS) is 16.9. The number of ketones is 1. The number of aromatic nitrogens is 7. The second-order valence-electron chi connectivity index (χ2n) is 8.85. The molecule has 1 atom stereocenters. The molecule has 5 aromatic rings. The molecule has 11 nitrogen and oxygen atoms in total. The molecule has 0 aliphatic carbocycles. The summed E-state index contributed by atoms with van der Waals surface area (Å²) in [5.74, 6) is 0.444. The molecule has 1 fully saturated rings. The number of anilines is 1. The molecule has 1 aliphatic heterocycles. The van der Waals surface area contributed by atoms with E-state index in [9.17, 15) is 9.90 Å². The van der Waals surface area contributed by atoms with Crippen LogP contribution in [0.5, 0.6) is 0 Å². The minimum absolute atomic E-state index is 0.112. The van der Waals surface area contributed by atoms with E-state index in [1.807, 2.05) is 42.6 Å². The lowest BCUT2D eigenvalue weighted by atomic mass is 9.83. The summed E-state index contributed by atoms with van der Waals surface area (Å²) >= 11 is 1.42. The smallest absolute Gasteiger partial charge is 0.225 e. The zero-order valence-corrected chi connectivity index (χ0v) is 19.6. The van der Waals surface area contributed by atoms with Gasteiger partial charge in [-0.3, -0.25) is 4.79 Å². The van der Waals surface area contributed by atoms with Crippen LogP contribution in [0.25, 0.3) is 27.5 Å². The molecule has 1 aliphatic rings. The molecular weight excluding hydrogens is 468 g/mol. The molecule has 1 saturated heterocycles. The third-order valence-corrected chi connectivity index (χ3v) is 7.28. The molecule has 12 heteroatoms. The lowest BCUT2D eigenvalue weighted by molar-refractivity contribution is -0.182. The number of hydrogen-bond acceptors (Lipinski definition) is 10. The summed E-state index contributed by atoms with van der Waals surface area (Å²) in [6, 6.07) is 9.40. The minimum Gasteiger partial charge on any atom is -0.385 e. The van der Waals surface area contributed by atoms with Crippen LogP contribution in [-0.4, -0.2) is 64.1 Å². The number of ether oxygens (including phenoxy) is 1. The SMILES string of the molecule is CC(C(=O)CCC1(O)COC1)(c1ccccc1)n1ncc2c1nc(N)n1nc(-c3nccs3)nc21. The Labute approximate surface area is 203 Å². The summed E-state index contributed by atoms with van der Waals surface area (Å²) in [4.78, 5) is 27.3. The molecule has 3 N–H and O–H groups in total. The molecule has 0 saturated carbocycles. The first-order valence-electron chi connectivity index (χ1n) is 11.1. The number of thiazole rings is 1. The van der Waals surface area contributed by atoms with Gasteiger partial charge in [0.2, 0.25) is 11.8 Å². The van der Waals surface area contributed by atoms with E-state index in [1.165, 1.54) is 15.9 Å². The molecule has 6 rings (SSSR count). The Bertz CT molecular complexity index is 1540. The molecule has 0 bridgehead atoms. The highest BCUT2D eigenvalue weighted by atomic mass is 32.1. The first-order valence-corrected chi connectivity index (χ1v) is 12.0. The van der Waals surface area contributed by atoms with Gasteiger partial charge in [0.1, 0.15) is 11.1 Å². The number of nitrogen functional groups attached to an aromatic ring is 1. The van der Waals surface area contributed by atoms with E-state index in [4.69, 9.17) is 10.5 Å². The Morgan fingerprint density at radius 2 is 2.06 bits per heavy atom. The van der Waals surface area contributed by atoms with Crippen molar-refractivity contribution >= 4 is 39.7 Å². The summed E-state index contributed by atoms with van der Waals surface area (Å²) < 4.78 is 8.18. The van der Waals surface area contributed by atoms with Crippen molar-refractivity contribution in [2.75, 3.05) is 18.9 Å². The Morgan fingerprint density at radius 3 is 2.74 bits per heavy atom. The molecule has 0 amide bonds. The van der Waals surface area contributed by atoms with E-state index in [0.29, 0.717) is 33.9 Å². The van der Waals surface area contributed by atoms with Crippen molar-refractivity contribution in [3.05, 3.63) is 53.7 Å². The van der Waals surface area contributed by atoms with E-state index < -0.39 is 11.1 Å². The predicted octanol–water partition coefficient (Wildman–Crippen LogP) is 2.05. The van der Waals surface area contributed by atoms with Crippen LogP contribution < -0.4 is 5.73 Å². The maximum Gasteiger partial charge on any atom is 0.225 e. The van der Waals surface area contributed by atoms with Crippen molar-refractivity contribution in [1.29, 1.82) is 0 Å². The van der Waals surface area contributed by atoms with Crippen LogP contribution >= 0.6 is 11.3 Å². The highest BCUT2D eigenvalue weighted by Crippen LogP contribution is 2.34. The molecule has 0 spiro atoms. The number of fused-ring (bicyclic) bond motifs is 3. The molecular formula is C23H22N8O3S. The first kappa shape index (κ1) is 21.8. The zero-order valence-electron chi connectivity index (χ0n) is 18.8. The average Bonchev–Trinajstić information content (AvgIpc) is 3.60. The Balaban J connectivity index is 1.50. The molecule has 178 valence electrons. The number of carbonyl (C=O) groups is 1. The van der Waals surface area contributed by atoms with E-state index in [-0.39, 0.29) is 31.4 Å². The summed E-state index contributed by atoms with van der Waals surface area (Å²) in [7, 11) is 0. The van der Waals surface area contributed by atoms with Gasteiger partial charge in [-0.2, -0.15) is 14.6 Å². The number of rotatable bonds is 7. The highest BCUT2D eigenvalue weighted by molar-refractivity contribution is 7.13. The molecule has 35 heavy (non-hydrogen) atoms. The fraction of sp³-hybridized carbons (Fsp3) is 0.304. The molecule has 1 aromatic carbocycles. The maximum absolute atomic E-state index is 13.8. The quantitative estimate of drug-likeness (QED) is 0.350. The lowest BCUT2D eigenvalue weighted by Gasteiger charge is -2.37. The van der Waals surface area contributed by atoms with Crippen molar-refractivity contribution < 1.29 is 14.6 Å². The summed E-state index contributed by atoms with van der Waals surface area (Å²) in [5, 5.41) is 22.7.